The predicted octanol–water partition coefficient (Wildman–Crippen LogP) is 3.86. The SMILES string of the molecule is C=CCN(Cc1cccn1Cc1cccc(OC)c1)C(=O)CCC. The summed E-state index contributed by atoms with van der Waals surface area (Å²) in [6, 6.07) is 12.1. The minimum Gasteiger partial charge on any atom is -0.497 e. The molecule has 0 radical (unpaired) electrons. The van der Waals surface area contributed by atoms with Crippen LogP contribution in [0.4, 0.5) is 0 Å². The molecular weight excluding hydrogens is 300 g/mol. The molecule has 0 atom stereocenters. The van der Waals surface area contributed by atoms with Gasteiger partial charge < -0.3 is 14.2 Å². The van der Waals surface area contributed by atoms with E-state index in [1.165, 1.54) is 5.56 Å². The van der Waals surface area contributed by atoms with E-state index < -0.39 is 0 Å². The van der Waals surface area contributed by atoms with Gasteiger partial charge in [0, 0.05) is 31.4 Å². The van der Waals surface area contributed by atoms with Crippen molar-refractivity contribution in [2.24, 2.45) is 0 Å². The molecule has 0 spiro atoms. The van der Waals surface area contributed by atoms with Gasteiger partial charge in [0.2, 0.25) is 5.91 Å². The molecule has 1 aromatic carbocycles. The number of hydrogen-bond donors (Lipinski definition) is 0. The quantitative estimate of drug-likeness (QED) is 0.656. The molecule has 1 aromatic heterocycles. The summed E-state index contributed by atoms with van der Waals surface area (Å²) in [5, 5.41) is 0. The largest absolute Gasteiger partial charge is 0.497 e. The highest BCUT2D eigenvalue weighted by atomic mass is 16.5. The summed E-state index contributed by atoms with van der Waals surface area (Å²) in [4.78, 5) is 14.1. The molecule has 0 saturated heterocycles. The highest BCUT2D eigenvalue weighted by Gasteiger charge is 2.13. The lowest BCUT2D eigenvalue weighted by atomic mass is 10.2. The minimum absolute atomic E-state index is 0.173. The molecule has 128 valence electrons. The van der Waals surface area contributed by atoms with E-state index in [9.17, 15) is 4.79 Å². The fourth-order valence-electron chi connectivity index (χ4n) is 2.69. The lowest BCUT2D eigenvalue weighted by Crippen LogP contribution is -2.31. The maximum atomic E-state index is 12.3. The van der Waals surface area contributed by atoms with Crippen molar-refractivity contribution in [3.05, 3.63) is 66.5 Å². The first-order chi connectivity index (χ1) is 11.7. The number of carbonyl (C=O) groups excluding carboxylic acids is 1. The maximum Gasteiger partial charge on any atom is 0.223 e. The molecule has 4 heteroatoms. The summed E-state index contributed by atoms with van der Waals surface area (Å²) in [7, 11) is 1.67. The van der Waals surface area contributed by atoms with Gasteiger partial charge in [0.15, 0.2) is 0 Å². The average Bonchev–Trinajstić information content (AvgIpc) is 3.01. The molecule has 0 aliphatic heterocycles. The van der Waals surface area contributed by atoms with Gasteiger partial charge in [-0.15, -0.1) is 6.58 Å². The van der Waals surface area contributed by atoms with Gasteiger partial charge in [0.25, 0.3) is 0 Å². The highest BCUT2D eigenvalue weighted by molar-refractivity contribution is 5.76. The Hall–Kier alpha value is -2.49. The van der Waals surface area contributed by atoms with Gasteiger partial charge >= 0.3 is 0 Å². The van der Waals surface area contributed by atoms with Crippen LogP contribution >= 0.6 is 0 Å². The van der Waals surface area contributed by atoms with E-state index in [4.69, 9.17) is 4.74 Å². The number of hydrogen-bond acceptors (Lipinski definition) is 2. The molecule has 0 N–H and O–H groups in total. The summed E-state index contributed by atoms with van der Waals surface area (Å²) >= 11 is 0. The van der Waals surface area contributed by atoms with E-state index in [1.807, 2.05) is 42.3 Å². The van der Waals surface area contributed by atoms with Gasteiger partial charge in [0.05, 0.1) is 13.7 Å². The Kier molecular flexibility index (Phi) is 6.67. The first kappa shape index (κ1) is 17.9. The van der Waals surface area contributed by atoms with E-state index in [0.29, 0.717) is 19.5 Å². The van der Waals surface area contributed by atoms with Crippen molar-refractivity contribution in [1.82, 2.24) is 9.47 Å². The molecule has 0 fully saturated rings. The minimum atomic E-state index is 0.173. The van der Waals surface area contributed by atoms with Crippen LogP contribution in [0.5, 0.6) is 5.75 Å². The first-order valence-electron chi connectivity index (χ1n) is 8.33. The Labute approximate surface area is 144 Å². The second-order valence-electron chi connectivity index (χ2n) is 5.79. The number of benzene rings is 1. The van der Waals surface area contributed by atoms with Crippen LogP contribution in [-0.2, 0) is 17.9 Å². The number of rotatable bonds is 9. The molecule has 24 heavy (non-hydrogen) atoms. The van der Waals surface area contributed by atoms with Crippen LogP contribution in [0.15, 0.2) is 55.3 Å². The number of carbonyl (C=O) groups is 1. The standard InChI is InChI=1S/C20H26N2O2/c1-4-8-20(23)22(12-5-2)16-18-10-7-13-21(18)15-17-9-6-11-19(14-17)24-3/h5-7,9-11,13-14H,2,4,8,12,15-16H2,1,3H3. The number of nitrogens with zero attached hydrogens (tertiary/aromatic N) is 2. The number of methoxy groups -OCH3 is 1. The van der Waals surface area contributed by atoms with E-state index in [0.717, 1.165) is 24.4 Å². The van der Waals surface area contributed by atoms with Crippen LogP contribution in [0.1, 0.15) is 31.0 Å². The van der Waals surface area contributed by atoms with Crippen LogP contribution < -0.4 is 4.74 Å². The number of aromatic nitrogens is 1. The van der Waals surface area contributed by atoms with E-state index >= 15 is 0 Å². The Morgan fingerprint density at radius 3 is 2.88 bits per heavy atom. The smallest absolute Gasteiger partial charge is 0.223 e. The van der Waals surface area contributed by atoms with Crippen LogP contribution in [-0.4, -0.2) is 29.0 Å². The van der Waals surface area contributed by atoms with Crippen molar-refractivity contribution in [2.45, 2.75) is 32.9 Å². The predicted molar refractivity (Wildman–Crippen MR) is 97.1 cm³/mol. The van der Waals surface area contributed by atoms with Crippen molar-refractivity contribution in [1.29, 1.82) is 0 Å². The second-order valence-corrected chi connectivity index (χ2v) is 5.79. The molecule has 1 amide bonds. The first-order valence-corrected chi connectivity index (χ1v) is 8.33. The maximum absolute atomic E-state index is 12.3. The molecule has 0 aliphatic rings. The van der Waals surface area contributed by atoms with Crippen LogP contribution in [0.2, 0.25) is 0 Å². The Bertz CT molecular complexity index is 676. The van der Waals surface area contributed by atoms with Crippen molar-refractivity contribution in [2.75, 3.05) is 13.7 Å². The van der Waals surface area contributed by atoms with E-state index in [1.54, 1.807) is 13.2 Å². The number of amides is 1. The fraction of sp³-hybridized carbons (Fsp3) is 0.350. The van der Waals surface area contributed by atoms with Gasteiger partial charge in [-0.05, 0) is 36.2 Å². The van der Waals surface area contributed by atoms with Gasteiger partial charge in [-0.1, -0.05) is 25.1 Å². The lowest BCUT2D eigenvalue weighted by Gasteiger charge is -2.22. The van der Waals surface area contributed by atoms with Gasteiger partial charge in [0.1, 0.15) is 5.75 Å². The zero-order valence-electron chi connectivity index (χ0n) is 14.6. The second kappa shape index (κ2) is 8.96. The van der Waals surface area contributed by atoms with Crippen molar-refractivity contribution in [3.8, 4) is 5.75 Å². The van der Waals surface area contributed by atoms with Crippen molar-refractivity contribution < 1.29 is 9.53 Å². The van der Waals surface area contributed by atoms with Crippen molar-refractivity contribution in [3.63, 3.8) is 0 Å². The Morgan fingerprint density at radius 1 is 1.33 bits per heavy atom. The van der Waals surface area contributed by atoms with Crippen LogP contribution in [0, 0.1) is 0 Å². The Morgan fingerprint density at radius 2 is 2.17 bits per heavy atom. The average molecular weight is 326 g/mol. The summed E-state index contributed by atoms with van der Waals surface area (Å²) in [6.07, 6.45) is 5.26. The molecular formula is C20H26N2O2. The van der Waals surface area contributed by atoms with Gasteiger partial charge in [-0.2, -0.15) is 0 Å². The highest BCUT2D eigenvalue weighted by Crippen LogP contribution is 2.16. The molecule has 0 unspecified atom stereocenters. The Balaban J connectivity index is 2.13. The lowest BCUT2D eigenvalue weighted by molar-refractivity contribution is -0.131. The zero-order chi connectivity index (χ0) is 17.4. The third-order valence-electron chi connectivity index (χ3n) is 3.93. The fourth-order valence-corrected chi connectivity index (χ4v) is 2.69. The van der Waals surface area contributed by atoms with Crippen LogP contribution in [0.25, 0.3) is 0 Å². The summed E-state index contributed by atoms with van der Waals surface area (Å²) in [6.45, 7) is 7.72. The zero-order valence-corrected chi connectivity index (χ0v) is 14.6. The van der Waals surface area contributed by atoms with Gasteiger partial charge in [-0.25, -0.2) is 0 Å². The number of ether oxygens (including phenoxy) is 1. The van der Waals surface area contributed by atoms with Crippen molar-refractivity contribution >= 4 is 5.91 Å². The molecule has 0 bridgehead atoms. The normalized spacial score (nSPS) is 10.4. The summed E-state index contributed by atoms with van der Waals surface area (Å²) in [5.41, 5.74) is 2.28. The molecule has 1 heterocycles. The molecule has 4 nitrogen and oxygen atoms in total. The third kappa shape index (κ3) is 4.75. The third-order valence-corrected chi connectivity index (χ3v) is 3.93. The molecule has 0 aliphatic carbocycles. The molecule has 0 saturated carbocycles. The summed E-state index contributed by atoms with van der Waals surface area (Å²) in [5.74, 6) is 1.03. The van der Waals surface area contributed by atoms with E-state index in [2.05, 4.69) is 23.3 Å². The summed E-state index contributed by atoms with van der Waals surface area (Å²) < 4.78 is 7.46. The van der Waals surface area contributed by atoms with Gasteiger partial charge in [-0.3, -0.25) is 4.79 Å². The molecule has 2 rings (SSSR count). The monoisotopic (exact) mass is 326 g/mol. The van der Waals surface area contributed by atoms with E-state index in [-0.39, 0.29) is 5.91 Å². The molecule has 2 aromatic rings. The topological polar surface area (TPSA) is 34.5 Å². The van der Waals surface area contributed by atoms with Crippen LogP contribution in [0.3, 0.4) is 0 Å².